The van der Waals surface area contributed by atoms with Gasteiger partial charge in [0.2, 0.25) is 0 Å². The summed E-state index contributed by atoms with van der Waals surface area (Å²) in [6.07, 6.45) is 6.96. The lowest BCUT2D eigenvalue weighted by molar-refractivity contribution is -0.0330. The molecule has 2 aliphatic rings. The highest BCUT2D eigenvalue weighted by Gasteiger charge is 2.33. The maximum absolute atomic E-state index is 10.6. The average Bonchev–Trinajstić information content (AvgIpc) is 2.80. The van der Waals surface area contributed by atoms with Crippen LogP contribution in [0.5, 0.6) is 0 Å². The van der Waals surface area contributed by atoms with Crippen LogP contribution in [0.4, 0.5) is 0 Å². The van der Waals surface area contributed by atoms with E-state index >= 15 is 0 Å². The van der Waals surface area contributed by atoms with Gasteiger partial charge < -0.3 is 10.4 Å². The first-order valence-corrected chi connectivity index (χ1v) is 6.91. The van der Waals surface area contributed by atoms with Crippen LogP contribution >= 0.6 is 0 Å². The molecule has 0 aromatic carbocycles. The van der Waals surface area contributed by atoms with Crippen molar-refractivity contribution in [2.24, 2.45) is 0 Å². The summed E-state index contributed by atoms with van der Waals surface area (Å²) < 4.78 is 0. The quantitative estimate of drug-likeness (QED) is 0.760. The Bertz CT molecular complexity index is 208. The predicted octanol–water partition coefficient (Wildman–Crippen LogP) is 1.37. The average molecular weight is 226 g/mol. The second kappa shape index (κ2) is 5.48. The first-order valence-electron chi connectivity index (χ1n) is 6.91. The van der Waals surface area contributed by atoms with Crippen LogP contribution in [0.25, 0.3) is 0 Å². The summed E-state index contributed by atoms with van der Waals surface area (Å²) in [6, 6.07) is 0.649. The molecule has 0 spiro atoms. The Balaban J connectivity index is 1.89. The number of hydrogen-bond acceptors (Lipinski definition) is 3. The molecule has 16 heavy (non-hydrogen) atoms. The van der Waals surface area contributed by atoms with Gasteiger partial charge in [0.05, 0.1) is 5.60 Å². The van der Waals surface area contributed by atoms with E-state index in [0.29, 0.717) is 6.04 Å². The molecule has 1 saturated carbocycles. The molecule has 0 aromatic rings. The normalized spacial score (nSPS) is 29.8. The monoisotopic (exact) mass is 226 g/mol. The zero-order valence-corrected chi connectivity index (χ0v) is 10.5. The number of aliphatic hydroxyl groups is 1. The van der Waals surface area contributed by atoms with Gasteiger partial charge in [0, 0.05) is 19.1 Å². The lowest BCUT2D eigenvalue weighted by atomic mass is 9.84. The summed E-state index contributed by atoms with van der Waals surface area (Å²) in [5, 5.41) is 14.0. The third-order valence-corrected chi connectivity index (χ3v) is 4.24. The lowest BCUT2D eigenvalue weighted by Crippen LogP contribution is -2.48. The highest BCUT2D eigenvalue weighted by atomic mass is 16.3. The molecule has 2 N–H and O–H groups in total. The Hall–Kier alpha value is -0.120. The Kier molecular flexibility index (Phi) is 4.22. The van der Waals surface area contributed by atoms with Crippen molar-refractivity contribution in [1.29, 1.82) is 0 Å². The van der Waals surface area contributed by atoms with Gasteiger partial charge in [0.15, 0.2) is 0 Å². The summed E-state index contributed by atoms with van der Waals surface area (Å²) >= 11 is 0. The summed E-state index contributed by atoms with van der Waals surface area (Å²) in [5.41, 5.74) is -0.392. The van der Waals surface area contributed by atoms with E-state index in [4.69, 9.17) is 0 Å². The molecule has 1 saturated heterocycles. The van der Waals surface area contributed by atoms with Crippen molar-refractivity contribution in [3.8, 4) is 0 Å². The van der Waals surface area contributed by atoms with Crippen molar-refractivity contribution in [2.75, 3.05) is 26.2 Å². The van der Waals surface area contributed by atoms with E-state index < -0.39 is 5.60 Å². The summed E-state index contributed by atoms with van der Waals surface area (Å²) in [4.78, 5) is 2.48. The van der Waals surface area contributed by atoms with Gasteiger partial charge in [-0.25, -0.2) is 0 Å². The van der Waals surface area contributed by atoms with Gasteiger partial charge in [-0.2, -0.15) is 0 Å². The maximum Gasteiger partial charge on any atom is 0.0774 e. The van der Waals surface area contributed by atoms with E-state index in [9.17, 15) is 5.11 Å². The summed E-state index contributed by atoms with van der Waals surface area (Å²) in [5.74, 6) is 0. The minimum Gasteiger partial charge on any atom is -0.389 e. The molecule has 2 fully saturated rings. The first kappa shape index (κ1) is 12.3. The van der Waals surface area contributed by atoms with Crippen molar-refractivity contribution in [3.05, 3.63) is 0 Å². The predicted molar refractivity (Wildman–Crippen MR) is 66.6 cm³/mol. The van der Waals surface area contributed by atoms with Crippen LogP contribution < -0.4 is 5.32 Å². The van der Waals surface area contributed by atoms with Gasteiger partial charge in [-0.15, -0.1) is 0 Å². The molecule has 0 bridgehead atoms. The van der Waals surface area contributed by atoms with Crippen molar-refractivity contribution in [2.45, 2.75) is 57.1 Å². The van der Waals surface area contributed by atoms with Crippen LogP contribution in [0.2, 0.25) is 0 Å². The van der Waals surface area contributed by atoms with Crippen LogP contribution in [-0.2, 0) is 0 Å². The van der Waals surface area contributed by atoms with Crippen molar-refractivity contribution < 1.29 is 5.11 Å². The standard InChI is InChI=1S/C13H26N2O/c1-2-15(12-6-9-14-10-12)11-13(16)7-4-3-5-8-13/h12,14,16H,2-11H2,1H3. The van der Waals surface area contributed by atoms with Crippen molar-refractivity contribution >= 4 is 0 Å². The maximum atomic E-state index is 10.6. The third kappa shape index (κ3) is 2.96. The number of hydrogen-bond donors (Lipinski definition) is 2. The smallest absolute Gasteiger partial charge is 0.0774 e. The highest BCUT2D eigenvalue weighted by Crippen LogP contribution is 2.29. The molecular formula is C13H26N2O. The van der Waals surface area contributed by atoms with Crippen LogP contribution in [0.1, 0.15) is 45.4 Å². The minimum atomic E-state index is -0.392. The SMILES string of the molecule is CCN(CC1(O)CCCCC1)C1CCNC1. The molecule has 3 heteroatoms. The van der Waals surface area contributed by atoms with E-state index in [-0.39, 0.29) is 0 Å². The number of nitrogens with one attached hydrogen (secondary N) is 1. The Morgan fingerprint density at radius 1 is 1.31 bits per heavy atom. The number of rotatable bonds is 4. The van der Waals surface area contributed by atoms with Gasteiger partial charge in [-0.1, -0.05) is 26.2 Å². The van der Waals surface area contributed by atoms with Crippen LogP contribution in [0, 0.1) is 0 Å². The molecule has 1 heterocycles. The molecule has 3 nitrogen and oxygen atoms in total. The molecule has 1 unspecified atom stereocenters. The fraction of sp³-hybridized carbons (Fsp3) is 1.00. The van der Waals surface area contributed by atoms with Crippen molar-refractivity contribution in [3.63, 3.8) is 0 Å². The molecule has 94 valence electrons. The van der Waals surface area contributed by atoms with E-state index in [1.54, 1.807) is 0 Å². The zero-order chi connectivity index (χ0) is 11.4. The fourth-order valence-electron chi connectivity index (χ4n) is 3.20. The molecule has 2 rings (SSSR count). The van der Waals surface area contributed by atoms with E-state index in [1.807, 2.05) is 0 Å². The van der Waals surface area contributed by atoms with Crippen LogP contribution in [0.15, 0.2) is 0 Å². The Morgan fingerprint density at radius 3 is 2.62 bits per heavy atom. The molecule has 0 amide bonds. The number of nitrogens with zero attached hydrogens (tertiary/aromatic N) is 1. The second-order valence-corrected chi connectivity index (χ2v) is 5.49. The van der Waals surface area contributed by atoms with Gasteiger partial charge in [0.25, 0.3) is 0 Å². The first-order chi connectivity index (χ1) is 7.73. The lowest BCUT2D eigenvalue weighted by Gasteiger charge is -2.39. The van der Waals surface area contributed by atoms with E-state index in [2.05, 4.69) is 17.1 Å². The van der Waals surface area contributed by atoms with Gasteiger partial charge in [-0.3, -0.25) is 4.90 Å². The number of likely N-dealkylation sites (N-methyl/N-ethyl adjacent to an activating group) is 1. The van der Waals surface area contributed by atoms with Gasteiger partial charge in [0.1, 0.15) is 0 Å². The molecule has 0 aromatic heterocycles. The fourth-order valence-corrected chi connectivity index (χ4v) is 3.20. The molecular weight excluding hydrogens is 200 g/mol. The van der Waals surface area contributed by atoms with Crippen molar-refractivity contribution in [1.82, 2.24) is 10.2 Å². The van der Waals surface area contributed by atoms with E-state index in [0.717, 1.165) is 39.0 Å². The third-order valence-electron chi connectivity index (χ3n) is 4.24. The molecule has 1 atom stereocenters. The topological polar surface area (TPSA) is 35.5 Å². The largest absolute Gasteiger partial charge is 0.389 e. The molecule has 1 aliphatic heterocycles. The Labute approximate surface area is 99.2 Å². The van der Waals surface area contributed by atoms with Gasteiger partial charge in [-0.05, 0) is 32.4 Å². The second-order valence-electron chi connectivity index (χ2n) is 5.49. The highest BCUT2D eigenvalue weighted by molar-refractivity contribution is 4.89. The van der Waals surface area contributed by atoms with Crippen LogP contribution in [-0.4, -0.2) is 47.8 Å². The minimum absolute atomic E-state index is 0.392. The van der Waals surface area contributed by atoms with Crippen LogP contribution in [0.3, 0.4) is 0 Å². The van der Waals surface area contributed by atoms with Gasteiger partial charge >= 0.3 is 0 Å². The Morgan fingerprint density at radius 2 is 2.06 bits per heavy atom. The van der Waals surface area contributed by atoms with E-state index in [1.165, 1.54) is 25.7 Å². The molecule has 1 aliphatic carbocycles. The summed E-state index contributed by atoms with van der Waals surface area (Å²) in [7, 11) is 0. The summed E-state index contributed by atoms with van der Waals surface area (Å²) in [6.45, 7) is 6.40. The molecule has 0 radical (unpaired) electrons. The zero-order valence-electron chi connectivity index (χ0n) is 10.5.